The van der Waals surface area contributed by atoms with Crippen LogP contribution in [0.25, 0.3) is 16.9 Å². The Hall–Kier alpha value is -3.25. The monoisotopic (exact) mass is 387 g/mol. The van der Waals surface area contributed by atoms with Crippen molar-refractivity contribution in [3.05, 3.63) is 83.0 Å². The number of aryl methyl sites for hydroxylation is 1. The van der Waals surface area contributed by atoms with Gasteiger partial charge in [0.2, 0.25) is 5.13 Å². The molecule has 0 aliphatic rings. The Labute approximate surface area is 168 Å². The predicted molar refractivity (Wildman–Crippen MR) is 116 cm³/mol. The fourth-order valence-electron chi connectivity index (χ4n) is 2.93. The van der Waals surface area contributed by atoms with Crippen LogP contribution in [0.4, 0.5) is 5.13 Å². The second-order valence-electron chi connectivity index (χ2n) is 6.60. The molecule has 0 aliphatic carbocycles. The molecule has 6 heteroatoms. The minimum atomic E-state index is 0.758. The van der Waals surface area contributed by atoms with Gasteiger partial charge in [0.1, 0.15) is 0 Å². The molecular formula is C22H21N5S. The Morgan fingerprint density at radius 1 is 1.04 bits per heavy atom. The summed E-state index contributed by atoms with van der Waals surface area (Å²) in [6.45, 7) is 6.12. The summed E-state index contributed by atoms with van der Waals surface area (Å²) in [5.41, 5.74) is 10.3. The van der Waals surface area contributed by atoms with Crippen molar-refractivity contribution in [2.75, 3.05) is 5.43 Å². The number of nitrogens with one attached hydrogen (secondary N) is 1. The SMILES string of the molecule is C/C(=N\Nc1nc(-c2cnn(-c3ccccc3)c2C)cs1)c1ccc(C)cc1. The Kier molecular flexibility index (Phi) is 5.04. The van der Waals surface area contributed by atoms with E-state index >= 15 is 0 Å². The average molecular weight is 388 g/mol. The van der Waals surface area contributed by atoms with E-state index in [0.717, 1.165) is 39.0 Å². The summed E-state index contributed by atoms with van der Waals surface area (Å²) in [4.78, 5) is 4.68. The van der Waals surface area contributed by atoms with Crippen molar-refractivity contribution in [1.29, 1.82) is 0 Å². The third-order valence-corrected chi connectivity index (χ3v) is 5.33. The minimum Gasteiger partial charge on any atom is -0.252 e. The van der Waals surface area contributed by atoms with Gasteiger partial charge in [-0.25, -0.2) is 9.67 Å². The van der Waals surface area contributed by atoms with E-state index in [1.165, 1.54) is 16.9 Å². The molecule has 0 bridgehead atoms. The number of para-hydroxylation sites is 1. The fraction of sp³-hybridized carbons (Fsp3) is 0.136. The average Bonchev–Trinajstić information content (AvgIpc) is 3.33. The largest absolute Gasteiger partial charge is 0.252 e. The summed E-state index contributed by atoms with van der Waals surface area (Å²) in [7, 11) is 0. The van der Waals surface area contributed by atoms with Gasteiger partial charge in [0.25, 0.3) is 0 Å². The zero-order valence-corrected chi connectivity index (χ0v) is 16.9. The van der Waals surface area contributed by atoms with Gasteiger partial charge < -0.3 is 0 Å². The summed E-state index contributed by atoms with van der Waals surface area (Å²) < 4.78 is 1.93. The van der Waals surface area contributed by atoms with E-state index in [2.05, 4.69) is 58.7 Å². The van der Waals surface area contributed by atoms with E-state index in [0.29, 0.717) is 0 Å². The molecular weight excluding hydrogens is 366 g/mol. The van der Waals surface area contributed by atoms with Crippen LogP contribution in [0.15, 0.2) is 71.3 Å². The number of aromatic nitrogens is 3. The number of hydrazone groups is 1. The molecule has 2 aromatic heterocycles. The van der Waals surface area contributed by atoms with Gasteiger partial charge in [-0.2, -0.15) is 10.2 Å². The predicted octanol–water partition coefficient (Wildman–Crippen LogP) is 5.45. The summed E-state index contributed by atoms with van der Waals surface area (Å²) in [5, 5.41) is 11.8. The van der Waals surface area contributed by atoms with Gasteiger partial charge in [-0.05, 0) is 38.5 Å². The maximum absolute atomic E-state index is 4.68. The molecule has 28 heavy (non-hydrogen) atoms. The lowest BCUT2D eigenvalue weighted by molar-refractivity contribution is 0.847. The molecule has 140 valence electrons. The molecule has 2 heterocycles. The molecule has 0 spiro atoms. The summed E-state index contributed by atoms with van der Waals surface area (Å²) in [6.07, 6.45) is 1.86. The molecule has 1 N–H and O–H groups in total. The molecule has 4 aromatic rings. The van der Waals surface area contributed by atoms with Gasteiger partial charge >= 0.3 is 0 Å². The van der Waals surface area contributed by atoms with Gasteiger partial charge in [-0.15, -0.1) is 11.3 Å². The van der Waals surface area contributed by atoms with Crippen LogP contribution in [0.3, 0.4) is 0 Å². The van der Waals surface area contributed by atoms with Crippen LogP contribution >= 0.6 is 11.3 Å². The number of hydrogen-bond donors (Lipinski definition) is 1. The first-order valence-corrected chi connectivity index (χ1v) is 9.93. The van der Waals surface area contributed by atoms with Crippen LogP contribution in [0.1, 0.15) is 23.7 Å². The molecule has 2 aromatic carbocycles. The third kappa shape index (κ3) is 3.73. The maximum atomic E-state index is 4.68. The van der Waals surface area contributed by atoms with Crippen LogP contribution in [0.2, 0.25) is 0 Å². The fourth-order valence-corrected chi connectivity index (χ4v) is 3.58. The molecule has 0 aliphatic heterocycles. The van der Waals surface area contributed by atoms with Crippen molar-refractivity contribution in [2.45, 2.75) is 20.8 Å². The highest BCUT2D eigenvalue weighted by molar-refractivity contribution is 7.14. The standard InChI is InChI=1S/C22H21N5S/c1-15-9-11-18(12-10-15)16(2)25-26-22-24-21(14-28-22)20-13-23-27(17(20)3)19-7-5-4-6-8-19/h4-14H,1-3H3,(H,24,26)/b25-16+. The second-order valence-corrected chi connectivity index (χ2v) is 7.46. The molecule has 5 nitrogen and oxygen atoms in total. The number of nitrogens with zero attached hydrogens (tertiary/aromatic N) is 4. The molecule has 0 atom stereocenters. The molecule has 0 radical (unpaired) electrons. The Morgan fingerprint density at radius 3 is 2.54 bits per heavy atom. The first-order valence-electron chi connectivity index (χ1n) is 9.05. The van der Waals surface area contributed by atoms with E-state index in [4.69, 9.17) is 0 Å². The summed E-state index contributed by atoms with van der Waals surface area (Å²) in [6, 6.07) is 18.4. The molecule has 0 unspecified atom stereocenters. The number of rotatable bonds is 5. The van der Waals surface area contributed by atoms with Crippen molar-refractivity contribution < 1.29 is 0 Å². The Balaban J connectivity index is 1.53. The zero-order chi connectivity index (χ0) is 19.5. The highest BCUT2D eigenvalue weighted by atomic mass is 32.1. The minimum absolute atomic E-state index is 0.758. The van der Waals surface area contributed by atoms with Gasteiger partial charge in [0, 0.05) is 10.9 Å². The van der Waals surface area contributed by atoms with Gasteiger partial charge in [0.05, 0.1) is 29.0 Å². The molecule has 0 saturated carbocycles. The van der Waals surface area contributed by atoms with Crippen molar-refractivity contribution in [1.82, 2.24) is 14.8 Å². The van der Waals surface area contributed by atoms with Crippen LogP contribution in [-0.4, -0.2) is 20.5 Å². The maximum Gasteiger partial charge on any atom is 0.203 e. The van der Waals surface area contributed by atoms with E-state index in [1.807, 2.05) is 53.5 Å². The van der Waals surface area contributed by atoms with Crippen molar-refractivity contribution >= 4 is 22.2 Å². The van der Waals surface area contributed by atoms with Crippen molar-refractivity contribution in [2.24, 2.45) is 5.10 Å². The summed E-state index contributed by atoms with van der Waals surface area (Å²) >= 11 is 1.53. The lowest BCUT2D eigenvalue weighted by Crippen LogP contribution is -1.99. The second kappa shape index (κ2) is 7.78. The van der Waals surface area contributed by atoms with Crippen LogP contribution in [0, 0.1) is 13.8 Å². The number of benzene rings is 2. The normalized spacial score (nSPS) is 11.6. The smallest absolute Gasteiger partial charge is 0.203 e. The zero-order valence-electron chi connectivity index (χ0n) is 16.0. The number of anilines is 1. The first kappa shape index (κ1) is 18.1. The van der Waals surface area contributed by atoms with Gasteiger partial charge in [-0.1, -0.05) is 48.0 Å². The van der Waals surface area contributed by atoms with Crippen LogP contribution < -0.4 is 5.43 Å². The lowest BCUT2D eigenvalue weighted by Gasteiger charge is -2.04. The van der Waals surface area contributed by atoms with Crippen LogP contribution in [0.5, 0.6) is 0 Å². The van der Waals surface area contributed by atoms with Gasteiger partial charge in [-0.3, -0.25) is 5.43 Å². The summed E-state index contributed by atoms with van der Waals surface area (Å²) in [5.74, 6) is 0. The highest BCUT2D eigenvalue weighted by Gasteiger charge is 2.13. The number of hydrogen-bond acceptors (Lipinski definition) is 5. The topological polar surface area (TPSA) is 55.1 Å². The van der Waals surface area contributed by atoms with E-state index in [1.54, 1.807) is 0 Å². The quantitative estimate of drug-likeness (QED) is 0.366. The van der Waals surface area contributed by atoms with Crippen molar-refractivity contribution in [3.8, 4) is 16.9 Å². The van der Waals surface area contributed by atoms with Crippen molar-refractivity contribution in [3.63, 3.8) is 0 Å². The van der Waals surface area contributed by atoms with E-state index in [9.17, 15) is 0 Å². The number of thiazole rings is 1. The third-order valence-electron chi connectivity index (χ3n) is 4.58. The van der Waals surface area contributed by atoms with E-state index in [-0.39, 0.29) is 0 Å². The highest BCUT2D eigenvalue weighted by Crippen LogP contribution is 2.28. The molecule has 4 rings (SSSR count). The van der Waals surface area contributed by atoms with Gasteiger partial charge in [0.15, 0.2) is 0 Å². The Morgan fingerprint density at radius 2 is 1.79 bits per heavy atom. The van der Waals surface area contributed by atoms with Crippen LogP contribution in [-0.2, 0) is 0 Å². The Bertz CT molecular complexity index is 1110. The lowest BCUT2D eigenvalue weighted by atomic mass is 10.1. The molecule has 0 amide bonds. The first-order chi connectivity index (χ1) is 13.6. The molecule has 0 saturated heterocycles. The molecule has 0 fully saturated rings. The van der Waals surface area contributed by atoms with E-state index < -0.39 is 0 Å².